The number of halogens is 2. The van der Waals surface area contributed by atoms with E-state index in [1.807, 2.05) is 0 Å². The fraction of sp³-hybridized carbons (Fsp3) is 0.231. The van der Waals surface area contributed by atoms with E-state index in [0.29, 0.717) is 15.6 Å². The van der Waals surface area contributed by atoms with Crippen LogP contribution in [0.15, 0.2) is 30.0 Å². The third-order valence-corrected chi connectivity index (χ3v) is 2.99. The van der Waals surface area contributed by atoms with Gasteiger partial charge in [-0.2, -0.15) is 0 Å². The number of ketones is 1. The number of ether oxygens (including phenoxy) is 2. The van der Waals surface area contributed by atoms with Crippen molar-refractivity contribution in [1.29, 1.82) is 0 Å². The predicted octanol–water partition coefficient (Wildman–Crippen LogP) is 2.56. The zero-order valence-corrected chi connectivity index (χ0v) is 11.3. The lowest BCUT2D eigenvalue weighted by Gasteiger charge is -2.13. The molecule has 0 aliphatic carbocycles. The molecule has 6 heteroatoms. The lowest BCUT2D eigenvalue weighted by Crippen LogP contribution is -2.19. The summed E-state index contributed by atoms with van der Waals surface area (Å²) in [6.07, 6.45) is 1.27. The minimum atomic E-state index is -0.506. The second-order valence-corrected chi connectivity index (χ2v) is 4.80. The molecule has 0 saturated heterocycles. The smallest absolute Gasteiger partial charge is 0.315 e. The Labute approximate surface area is 119 Å². The first-order chi connectivity index (χ1) is 9.04. The molecule has 1 aromatic carbocycles. The third-order valence-electron chi connectivity index (χ3n) is 2.41. The Bertz CT molecular complexity index is 552. The Morgan fingerprint density at radius 2 is 2.11 bits per heavy atom. The van der Waals surface area contributed by atoms with Gasteiger partial charge in [0.25, 0.3) is 0 Å². The van der Waals surface area contributed by atoms with Crippen LogP contribution in [-0.4, -0.2) is 25.0 Å². The highest BCUT2D eigenvalue weighted by atomic mass is 35.5. The standard InChI is InChI=1S/C13H10Cl2O4/c14-9-2-1-8(12(15)4-9)3-13(17)19-11-5-10(16)6-18-7-11/h1-2,4-5H,3,6-7H2. The van der Waals surface area contributed by atoms with Gasteiger partial charge < -0.3 is 9.47 Å². The zero-order valence-electron chi connectivity index (χ0n) is 9.82. The second-order valence-electron chi connectivity index (χ2n) is 3.96. The van der Waals surface area contributed by atoms with Crippen molar-refractivity contribution < 1.29 is 19.1 Å². The second kappa shape index (κ2) is 6.19. The van der Waals surface area contributed by atoms with Crippen molar-refractivity contribution in [2.24, 2.45) is 0 Å². The molecule has 1 heterocycles. The number of hydrogen-bond donors (Lipinski definition) is 0. The van der Waals surface area contributed by atoms with Gasteiger partial charge in [0, 0.05) is 16.1 Å². The molecule has 4 nitrogen and oxygen atoms in total. The molecule has 0 unspecified atom stereocenters. The Morgan fingerprint density at radius 1 is 1.32 bits per heavy atom. The van der Waals surface area contributed by atoms with E-state index in [2.05, 4.69) is 0 Å². The summed E-state index contributed by atoms with van der Waals surface area (Å²) in [4.78, 5) is 22.8. The lowest BCUT2D eigenvalue weighted by atomic mass is 10.1. The van der Waals surface area contributed by atoms with Crippen molar-refractivity contribution in [1.82, 2.24) is 0 Å². The van der Waals surface area contributed by atoms with Gasteiger partial charge in [-0.05, 0) is 17.7 Å². The topological polar surface area (TPSA) is 52.6 Å². The van der Waals surface area contributed by atoms with E-state index in [1.54, 1.807) is 18.2 Å². The molecule has 0 radical (unpaired) electrons. The molecule has 1 aliphatic rings. The normalized spacial score (nSPS) is 15.1. The van der Waals surface area contributed by atoms with E-state index in [1.165, 1.54) is 6.08 Å². The molecular formula is C13H10Cl2O4. The number of benzene rings is 1. The van der Waals surface area contributed by atoms with Crippen LogP contribution in [0.4, 0.5) is 0 Å². The maximum Gasteiger partial charge on any atom is 0.315 e. The Kier molecular flexibility index (Phi) is 4.58. The first kappa shape index (κ1) is 14.1. The molecule has 0 fully saturated rings. The summed E-state index contributed by atoms with van der Waals surface area (Å²) in [5.74, 6) is -0.515. The highest BCUT2D eigenvalue weighted by molar-refractivity contribution is 6.35. The molecule has 19 heavy (non-hydrogen) atoms. The van der Waals surface area contributed by atoms with Crippen molar-refractivity contribution in [3.8, 4) is 0 Å². The Hall–Kier alpha value is -1.36. The SMILES string of the molecule is O=C1C=C(OC(=O)Cc2ccc(Cl)cc2Cl)COC1. The van der Waals surface area contributed by atoms with E-state index < -0.39 is 5.97 Å². The first-order valence-electron chi connectivity index (χ1n) is 5.50. The molecule has 100 valence electrons. The predicted molar refractivity (Wildman–Crippen MR) is 70.2 cm³/mol. The Morgan fingerprint density at radius 3 is 2.79 bits per heavy atom. The maximum absolute atomic E-state index is 11.7. The fourth-order valence-electron chi connectivity index (χ4n) is 1.58. The van der Waals surface area contributed by atoms with Crippen LogP contribution < -0.4 is 0 Å². The average Bonchev–Trinajstić information content (AvgIpc) is 2.33. The highest BCUT2D eigenvalue weighted by Gasteiger charge is 2.16. The van der Waals surface area contributed by atoms with Gasteiger partial charge in [0.1, 0.15) is 19.0 Å². The van der Waals surface area contributed by atoms with Crippen LogP contribution in [-0.2, 0) is 25.5 Å². The molecule has 0 atom stereocenters. The monoisotopic (exact) mass is 300 g/mol. The minimum Gasteiger partial charge on any atom is -0.428 e. The zero-order chi connectivity index (χ0) is 13.8. The van der Waals surface area contributed by atoms with Crippen molar-refractivity contribution in [2.45, 2.75) is 6.42 Å². The van der Waals surface area contributed by atoms with Gasteiger partial charge in [0.05, 0.1) is 6.42 Å². The number of esters is 1. The fourth-order valence-corrected chi connectivity index (χ4v) is 2.05. The quantitative estimate of drug-likeness (QED) is 0.805. The van der Waals surface area contributed by atoms with E-state index in [0.717, 1.165) is 0 Å². The molecule has 0 spiro atoms. The van der Waals surface area contributed by atoms with Gasteiger partial charge in [-0.25, -0.2) is 0 Å². The molecule has 0 aromatic heterocycles. The number of hydrogen-bond acceptors (Lipinski definition) is 4. The molecule has 0 amide bonds. The minimum absolute atomic E-state index is 0.00152. The molecule has 1 aromatic rings. The van der Waals surface area contributed by atoms with Gasteiger partial charge in [-0.15, -0.1) is 0 Å². The van der Waals surface area contributed by atoms with Gasteiger partial charge in [-0.3, -0.25) is 9.59 Å². The summed E-state index contributed by atoms with van der Waals surface area (Å²) in [7, 11) is 0. The van der Waals surface area contributed by atoms with E-state index in [-0.39, 0.29) is 31.2 Å². The van der Waals surface area contributed by atoms with E-state index in [4.69, 9.17) is 32.7 Å². The largest absolute Gasteiger partial charge is 0.428 e. The van der Waals surface area contributed by atoms with Crippen LogP contribution in [0.3, 0.4) is 0 Å². The summed E-state index contributed by atoms with van der Waals surface area (Å²) in [6.45, 7) is 0.135. The van der Waals surface area contributed by atoms with Crippen LogP contribution in [0.5, 0.6) is 0 Å². The summed E-state index contributed by atoms with van der Waals surface area (Å²) in [5.41, 5.74) is 0.611. The van der Waals surface area contributed by atoms with Crippen molar-refractivity contribution in [3.05, 3.63) is 45.6 Å². The number of carbonyl (C=O) groups is 2. The highest BCUT2D eigenvalue weighted by Crippen LogP contribution is 2.22. The van der Waals surface area contributed by atoms with Gasteiger partial charge in [-0.1, -0.05) is 29.3 Å². The maximum atomic E-state index is 11.7. The first-order valence-corrected chi connectivity index (χ1v) is 6.26. The van der Waals surface area contributed by atoms with E-state index >= 15 is 0 Å². The van der Waals surface area contributed by atoms with Crippen molar-refractivity contribution in [3.63, 3.8) is 0 Å². The Balaban J connectivity index is 1.99. The summed E-state index contributed by atoms with van der Waals surface area (Å²) < 4.78 is 9.98. The van der Waals surface area contributed by atoms with Crippen molar-refractivity contribution in [2.75, 3.05) is 13.2 Å². The molecule has 0 bridgehead atoms. The van der Waals surface area contributed by atoms with Gasteiger partial charge in [0.15, 0.2) is 5.78 Å². The van der Waals surface area contributed by atoms with Crippen LogP contribution in [0, 0.1) is 0 Å². The van der Waals surface area contributed by atoms with Gasteiger partial charge >= 0.3 is 5.97 Å². The van der Waals surface area contributed by atoms with Crippen LogP contribution >= 0.6 is 23.2 Å². The van der Waals surface area contributed by atoms with E-state index in [9.17, 15) is 9.59 Å². The van der Waals surface area contributed by atoms with Crippen molar-refractivity contribution >= 4 is 35.0 Å². The van der Waals surface area contributed by atoms with Crippen LogP contribution in [0.25, 0.3) is 0 Å². The molecule has 0 N–H and O–H groups in total. The number of rotatable bonds is 3. The van der Waals surface area contributed by atoms with Crippen LogP contribution in [0.2, 0.25) is 10.0 Å². The molecule has 2 rings (SSSR count). The lowest BCUT2D eigenvalue weighted by molar-refractivity contribution is -0.140. The molecule has 0 saturated carbocycles. The van der Waals surface area contributed by atoms with Gasteiger partial charge in [0.2, 0.25) is 0 Å². The third kappa shape index (κ3) is 4.06. The summed E-state index contributed by atoms with van der Waals surface area (Å²) in [6, 6.07) is 4.85. The molecule has 1 aliphatic heterocycles. The molecular weight excluding hydrogens is 291 g/mol. The summed E-state index contributed by atoms with van der Waals surface area (Å²) in [5, 5.41) is 0.894. The number of carbonyl (C=O) groups excluding carboxylic acids is 2. The summed E-state index contributed by atoms with van der Waals surface area (Å²) >= 11 is 11.7. The average molecular weight is 301 g/mol. The van der Waals surface area contributed by atoms with Crippen LogP contribution in [0.1, 0.15) is 5.56 Å².